The minimum absolute atomic E-state index is 0.114. The van der Waals surface area contributed by atoms with E-state index in [1.807, 2.05) is 11.5 Å². The Bertz CT molecular complexity index is 1150. The van der Waals surface area contributed by atoms with Gasteiger partial charge in [0.05, 0.1) is 21.7 Å². The van der Waals surface area contributed by atoms with Gasteiger partial charge in [-0.15, -0.1) is 10.2 Å². The molecule has 0 amide bonds. The Morgan fingerprint density at radius 1 is 1.21 bits per heavy atom. The van der Waals surface area contributed by atoms with Crippen LogP contribution in [0.4, 0.5) is 13.2 Å². The number of hydrogen-bond acceptors (Lipinski definition) is 6. The lowest BCUT2D eigenvalue weighted by Gasteiger charge is -2.11. The fraction of sp³-hybridized carbons (Fsp3) is 0.438. The molecule has 0 bridgehead atoms. The van der Waals surface area contributed by atoms with Crippen molar-refractivity contribution in [1.29, 1.82) is 0 Å². The molecule has 0 saturated heterocycles. The molecule has 1 aromatic carbocycles. The number of benzene rings is 1. The summed E-state index contributed by atoms with van der Waals surface area (Å²) in [5.74, 6) is -0.215. The minimum atomic E-state index is -4.58. The first-order valence-electron chi connectivity index (χ1n) is 8.48. The number of aryl methyl sites for hydroxylation is 1. The van der Waals surface area contributed by atoms with E-state index >= 15 is 0 Å². The quantitative estimate of drug-likeness (QED) is 0.539. The molecule has 2 heterocycles. The van der Waals surface area contributed by atoms with E-state index in [1.54, 1.807) is 6.07 Å². The van der Waals surface area contributed by atoms with Gasteiger partial charge in [-0.25, -0.2) is 17.7 Å². The molecule has 29 heavy (non-hydrogen) atoms. The van der Waals surface area contributed by atoms with Crippen molar-refractivity contribution in [2.24, 2.45) is 7.05 Å². The van der Waals surface area contributed by atoms with Crippen LogP contribution in [0.25, 0.3) is 11.0 Å². The van der Waals surface area contributed by atoms with Crippen LogP contribution in [0.3, 0.4) is 0 Å². The Kier molecular flexibility index (Phi) is 5.66. The zero-order valence-electron chi connectivity index (χ0n) is 16.1. The topological polar surface area (TPSA) is 85.9 Å². The van der Waals surface area contributed by atoms with Crippen molar-refractivity contribution in [2.75, 3.05) is 14.1 Å². The molecule has 0 aliphatic heterocycles. The van der Waals surface area contributed by atoms with Gasteiger partial charge in [0.2, 0.25) is 15.8 Å². The molecule has 158 valence electrons. The van der Waals surface area contributed by atoms with E-state index < -0.39 is 22.0 Å². The Hall–Kier alpha value is -2.12. The monoisotopic (exact) mass is 448 g/mol. The number of nitrogens with zero attached hydrogens (tertiary/aromatic N) is 6. The van der Waals surface area contributed by atoms with Crippen LogP contribution in [0.2, 0.25) is 0 Å². The first-order chi connectivity index (χ1) is 13.5. The van der Waals surface area contributed by atoms with Crippen LogP contribution >= 0.6 is 11.8 Å². The maximum atomic E-state index is 12.9. The second kappa shape index (κ2) is 7.61. The van der Waals surface area contributed by atoms with E-state index in [0.717, 1.165) is 26.2 Å². The van der Waals surface area contributed by atoms with Crippen LogP contribution in [0.15, 0.2) is 28.3 Å². The highest BCUT2D eigenvalue weighted by molar-refractivity contribution is 7.98. The lowest BCUT2D eigenvalue weighted by Crippen LogP contribution is -2.22. The summed E-state index contributed by atoms with van der Waals surface area (Å²) in [7, 11) is 0.550. The Labute approximate surface area is 169 Å². The van der Waals surface area contributed by atoms with Crippen LogP contribution < -0.4 is 0 Å². The second-order valence-electron chi connectivity index (χ2n) is 6.36. The molecule has 0 atom stereocenters. The van der Waals surface area contributed by atoms with E-state index in [0.29, 0.717) is 17.9 Å². The van der Waals surface area contributed by atoms with Crippen LogP contribution in [0.1, 0.15) is 18.6 Å². The van der Waals surface area contributed by atoms with E-state index in [4.69, 9.17) is 0 Å². The van der Waals surface area contributed by atoms with Crippen LogP contribution in [0.5, 0.6) is 0 Å². The first-order valence-corrected chi connectivity index (χ1v) is 10.9. The van der Waals surface area contributed by atoms with Gasteiger partial charge in [0.1, 0.15) is 5.82 Å². The van der Waals surface area contributed by atoms with Gasteiger partial charge in [0.25, 0.3) is 0 Å². The van der Waals surface area contributed by atoms with Gasteiger partial charge in [0, 0.05) is 27.7 Å². The summed E-state index contributed by atoms with van der Waals surface area (Å²) in [6, 6.07) is 4.69. The Morgan fingerprint density at radius 3 is 2.45 bits per heavy atom. The molecule has 0 radical (unpaired) electrons. The van der Waals surface area contributed by atoms with Crippen molar-refractivity contribution >= 4 is 32.8 Å². The van der Waals surface area contributed by atoms with Crippen LogP contribution in [-0.2, 0) is 35.5 Å². The number of aromatic nitrogens is 5. The highest BCUT2D eigenvalue weighted by Crippen LogP contribution is 2.31. The smallest absolute Gasteiger partial charge is 0.328 e. The molecule has 0 aliphatic carbocycles. The number of thioether (sulfide) groups is 1. The Balaban J connectivity index is 1.93. The largest absolute Gasteiger partial charge is 0.451 e. The molecule has 0 unspecified atom stereocenters. The third-order valence-electron chi connectivity index (χ3n) is 4.31. The minimum Gasteiger partial charge on any atom is -0.328 e. The first kappa shape index (κ1) is 21.6. The fourth-order valence-corrected chi connectivity index (χ4v) is 4.59. The zero-order chi connectivity index (χ0) is 21.6. The van der Waals surface area contributed by atoms with Gasteiger partial charge in [-0.2, -0.15) is 13.2 Å². The molecule has 0 spiro atoms. The molecular formula is C16H19F3N6O2S2. The molecule has 3 aromatic rings. The van der Waals surface area contributed by atoms with Gasteiger partial charge >= 0.3 is 6.18 Å². The van der Waals surface area contributed by atoms with Crippen molar-refractivity contribution in [1.82, 2.24) is 28.6 Å². The number of imidazole rings is 1. The van der Waals surface area contributed by atoms with Crippen molar-refractivity contribution in [3.8, 4) is 0 Å². The molecular weight excluding hydrogens is 429 g/mol. The van der Waals surface area contributed by atoms with Crippen LogP contribution in [-0.4, -0.2) is 51.1 Å². The summed E-state index contributed by atoms with van der Waals surface area (Å²) in [5.41, 5.74) is 1.24. The Morgan fingerprint density at radius 2 is 1.90 bits per heavy atom. The molecule has 0 fully saturated rings. The van der Waals surface area contributed by atoms with Gasteiger partial charge in [0.15, 0.2) is 5.16 Å². The summed E-state index contributed by atoms with van der Waals surface area (Å²) < 4.78 is 67.2. The van der Waals surface area contributed by atoms with Crippen molar-refractivity contribution in [3.63, 3.8) is 0 Å². The predicted octanol–water partition coefficient (Wildman–Crippen LogP) is 2.75. The van der Waals surface area contributed by atoms with Gasteiger partial charge < -0.3 is 9.13 Å². The summed E-state index contributed by atoms with van der Waals surface area (Å²) in [6.45, 7) is 2.47. The average Bonchev–Trinajstić information content (AvgIpc) is 3.18. The number of fused-ring (bicyclic) bond motifs is 1. The highest BCUT2D eigenvalue weighted by Gasteiger charge is 2.37. The molecule has 0 aliphatic rings. The number of alkyl halides is 3. The highest BCUT2D eigenvalue weighted by atomic mass is 32.2. The maximum absolute atomic E-state index is 12.9. The van der Waals surface area contributed by atoms with Gasteiger partial charge in [-0.1, -0.05) is 11.8 Å². The van der Waals surface area contributed by atoms with E-state index in [1.165, 1.54) is 33.3 Å². The van der Waals surface area contributed by atoms with Crippen molar-refractivity contribution < 1.29 is 21.6 Å². The number of hydrogen-bond donors (Lipinski definition) is 0. The predicted molar refractivity (Wildman–Crippen MR) is 102 cm³/mol. The molecule has 2 aromatic heterocycles. The van der Waals surface area contributed by atoms with Gasteiger partial charge in [-0.3, -0.25) is 0 Å². The standard InChI is InChI=1S/C16H19F3N6O2S2/c1-5-25-12-7-6-10(29(26,27)23(2)3)8-11(12)20-13(25)9-28-15-22-21-14(24(15)4)16(17,18)19/h6-8H,5,9H2,1-4H3. The summed E-state index contributed by atoms with van der Waals surface area (Å²) >= 11 is 1.08. The normalized spacial score (nSPS) is 13.0. The number of halogens is 3. The second-order valence-corrected chi connectivity index (χ2v) is 9.46. The van der Waals surface area contributed by atoms with E-state index in [-0.39, 0.29) is 15.8 Å². The maximum Gasteiger partial charge on any atom is 0.451 e. The van der Waals surface area contributed by atoms with Crippen molar-refractivity contribution in [3.05, 3.63) is 29.8 Å². The summed E-state index contributed by atoms with van der Waals surface area (Å²) in [5, 5.41) is 6.93. The van der Waals surface area contributed by atoms with Gasteiger partial charge in [-0.05, 0) is 25.1 Å². The van der Waals surface area contributed by atoms with E-state index in [9.17, 15) is 21.6 Å². The lowest BCUT2D eigenvalue weighted by molar-refractivity contribution is -0.147. The molecule has 0 saturated carbocycles. The third kappa shape index (κ3) is 3.98. The van der Waals surface area contributed by atoms with E-state index in [2.05, 4.69) is 15.2 Å². The number of rotatable bonds is 6. The molecule has 13 heteroatoms. The number of sulfonamides is 1. The lowest BCUT2D eigenvalue weighted by atomic mass is 10.3. The summed E-state index contributed by atoms with van der Waals surface area (Å²) in [6.07, 6.45) is -4.58. The third-order valence-corrected chi connectivity index (χ3v) is 7.14. The molecule has 0 N–H and O–H groups in total. The zero-order valence-corrected chi connectivity index (χ0v) is 17.7. The summed E-state index contributed by atoms with van der Waals surface area (Å²) in [4.78, 5) is 4.62. The van der Waals surface area contributed by atoms with Crippen LogP contribution in [0, 0.1) is 0 Å². The average molecular weight is 448 g/mol. The molecule has 8 nitrogen and oxygen atoms in total. The SMILES string of the molecule is CCn1c(CSc2nnc(C(F)(F)F)n2C)nc2cc(S(=O)(=O)N(C)C)ccc21. The molecule has 3 rings (SSSR count). The fourth-order valence-electron chi connectivity index (χ4n) is 2.81. The van der Waals surface area contributed by atoms with Crippen molar-refractivity contribution in [2.45, 2.75) is 35.4 Å².